The number of benzene rings is 5. The van der Waals surface area contributed by atoms with Crippen LogP contribution in [0.4, 0.5) is 26.4 Å². The average molecular weight is 1690 g/mol. The van der Waals surface area contributed by atoms with Crippen molar-refractivity contribution in [2.75, 3.05) is 129 Å². The molecule has 0 bridgehead atoms. The fourth-order valence-corrected chi connectivity index (χ4v) is 19.1. The molecule has 8 aliphatic heterocycles. The fourth-order valence-electron chi connectivity index (χ4n) is 19.1. The molecule has 7 saturated heterocycles. The third-order valence-electron chi connectivity index (χ3n) is 25.8. The second kappa shape index (κ2) is 35.1. The van der Waals surface area contributed by atoms with E-state index in [-0.39, 0.29) is 70.7 Å². The summed E-state index contributed by atoms with van der Waals surface area (Å²) >= 11 is 0. The number of fused-ring (bicyclic) bond motifs is 5. The number of hydrogen-bond donors (Lipinski definition) is 4. The molecule has 10 aromatic rings. The third-order valence-corrected chi connectivity index (χ3v) is 25.8. The number of allylic oxidation sites excluding steroid dienone is 1. The molecular weight excluding hydrogens is 1580 g/mol. The van der Waals surface area contributed by atoms with Crippen molar-refractivity contribution < 1.29 is 61.9 Å². The number of aromatic amines is 2. The number of carbonyl (C=O) groups is 5. The molecule has 3 spiro atoms. The van der Waals surface area contributed by atoms with Crippen LogP contribution in [0.1, 0.15) is 159 Å². The van der Waals surface area contributed by atoms with Gasteiger partial charge in [-0.1, -0.05) is 48.5 Å². The monoisotopic (exact) mass is 1680 g/mol. The maximum atomic E-state index is 14.8. The predicted octanol–water partition coefficient (Wildman–Crippen LogP) is 13.8. The molecular formula is C95H109FN16O12. The van der Waals surface area contributed by atoms with Crippen molar-refractivity contribution in [3.63, 3.8) is 0 Å². The molecule has 7 fully saturated rings. The summed E-state index contributed by atoms with van der Waals surface area (Å²) in [5, 5.41) is 25.7. The van der Waals surface area contributed by atoms with Gasteiger partial charge in [0.2, 0.25) is 0 Å². The minimum atomic E-state index is -0.439. The highest BCUT2D eigenvalue weighted by atomic mass is 19.1. The van der Waals surface area contributed by atoms with Crippen molar-refractivity contribution in [1.82, 2.24) is 64.7 Å². The summed E-state index contributed by atoms with van der Waals surface area (Å²) < 4.78 is 50.8. The van der Waals surface area contributed by atoms with Gasteiger partial charge in [-0.2, -0.15) is 10.2 Å². The van der Waals surface area contributed by atoms with Crippen molar-refractivity contribution in [3.05, 3.63) is 232 Å². The first-order valence-corrected chi connectivity index (χ1v) is 42.7. The number of urea groups is 1. The lowest BCUT2D eigenvalue weighted by molar-refractivity contribution is -0.119. The molecule has 124 heavy (non-hydrogen) atoms. The maximum absolute atomic E-state index is 14.8. The number of ether oxygens (including phenoxy) is 6. The van der Waals surface area contributed by atoms with Gasteiger partial charge in [-0.3, -0.25) is 29.2 Å². The van der Waals surface area contributed by atoms with E-state index in [0.29, 0.717) is 92.0 Å². The molecule has 0 saturated carbocycles. The standard InChI is InChI=1S/C21H21FN2O4.C21H20N2O2.C20H27N3O3.C17H21N5O2.C16H20N4O/c1-27-19-10-17(18(22)11-20(19)28-2)16-9-14(25)8-12-7-13(3-4-15(12)16)24-6-5-23-21(24)26;1-12-3-5-14(6-4-12)21-19(11-22-23-21)18-10-16(24)8-15-9-20(25)13(2)7-17(15)18;1-15-22(3)14-20(26-15)7-4-9-23(10-8-20)19(24)16-5-6-17-18(13-16)25-12-11-21(17)2;1-11-7-12(2)22-15(18-11)8-14(19-22)16(23)21-6-5-17(10-21)9-20(4)13(3)24-17;1-12-3-6-16(21-12)5-2-9-20(10-7-16)15-13-4-8-17-14(13)18-11-19-15/h3-4,7,10-11,16H,5-6,8-9H2,1-2H3,(H,23,26);3-7,9,11,18,25H,8,10H2,1-2H3,(H,22,23);5-6,13H,1,4,7-12,14H2,2-3H3;7-8H,3,5-6,9-10H2,1-2,4H3;4,8,11H,1-3,5-7,9-10H2,(H,17,18,19). The van der Waals surface area contributed by atoms with Crippen LogP contribution in [0.3, 0.4) is 0 Å². The van der Waals surface area contributed by atoms with Crippen LogP contribution < -0.4 is 34.2 Å². The first-order valence-electron chi connectivity index (χ1n) is 42.7. The summed E-state index contributed by atoms with van der Waals surface area (Å²) in [5.74, 6) is 4.53. The van der Waals surface area contributed by atoms with Crippen molar-refractivity contribution in [2.24, 2.45) is 0 Å². The number of Topliss-reactive ketones (excluding diaryl/α,β-unsaturated/α-hetero) is 2. The smallest absolute Gasteiger partial charge is 0.321 e. The number of carbonyl (C=O) groups excluding carboxylic acids is 5. The van der Waals surface area contributed by atoms with Crippen molar-refractivity contribution in [1.29, 1.82) is 0 Å². The Labute approximate surface area is 721 Å². The first kappa shape index (κ1) is 84.6. The Balaban J connectivity index is 0.000000115. The van der Waals surface area contributed by atoms with Gasteiger partial charge in [0.15, 0.2) is 34.6 Å². The number of rotatable bonds is 9. The SMILES string of the molecule is C=C1CCC2(CCCN(c3ncnc4[nH]ccc34)CC2)O1.C=C1OC2(CCCN(C(=O)c3ccc4c(c3)OCCN4C)CC2)CN1C.C=C1OC2(CCN(C(=O)c3cc4nc(C)cc(C)n4n3)C2)CN1C.COc1cc(F)c(C2CC(=O)Cc3cc(N4CCNC4=O)ccc32)cc1OC.Cc1ccc(-c2[nH]ncc2C2CC(=O)Cc3cc(O)c(C)cc32)cc1. The number of aromatic hydroxyl groups is 1. The van der Waals surface area contributed by atoms with Crippen LogP contribution in [0.15, 0.2) is 159 Å². The van der Waals surface area contributed by atoms with Gasteiger partial charge in [0.05, 0.1) is 69.1 Å². The summed E-state index contributed by atoms with van der Waals surface area (Å²) in [6.45, 7) is 28.7. The Bertz CT molecular complexity index is 5810. The highest BCUT2D eigenvalue weighted by Gasteiger charge is 2.49. The van der Waals surface area contributed by atoms with Gasteiger partial charge in [0.1, 0.15) is 70.1 Å². The summed E-state index contributed by atoms with van der Waals surface area (Å²) in [5.41, 5.74) is 15.2. The van der Waals surface area contributed by atoms with E-state index in [1.807, 2.05) is 118 Å². The molecule has 2 aliphatic carbocycles. The number of nitrogens with one attached hydrogen (secondary N) is 3. The molecule has 13 heterocycles. The summed E-state index contributed by atoms with van der Waals surface area (Å²) in [6.07, 6.45) is 15.7. The third kappa shape index (κ3) is 17.6. The topological polar surface area (TPSA) is 296 Å². The van der Waals surface area contributed by atoms with E-state index in [2.05, 4.69) is 112 Å². The molecule has 5 atom stereocenters. The highest BCUT2D eigenvalue weighted by Crippen LogP contribution is 2.46. The molecule has 5 unspecified atom stereocenters. The molecule has 4 N–H and O–H groups in total. The second-order valence-electron chi connectivity index (χ2n) is 34.4. The van der Waals surface area contributed by atoms with Gasteiger partial charge in [-0.05, 0) is 166 Å². The molecule has 0 radical (unpaired) electrons. The number of nitrogens with zero attached hydrogens (tertiary/aromatic N) is 13. The Morgan fingerprint density at radius 2 is 1.35 bits per heavy atom. The van der Waals surface area contributed by atoms with E-state index in [1.165, 1.54) is 25.8 Å². The predicted molar refractivity (Wildman–Crippen MR) is 470 cm³/mol. The van der Waals surface area contributed by atoms with Crippen molar-refractivity contribution in [3.8, 4) is 34.3 Å². The summed E-state index contributed by atoms with van der Waals surface area (Å²) in [6, 6.07) is 31.9. The Morgan fingerprint density at radius 1 is 0.645 bits per heavy atom. The van der Waals surface area contributed by atoms with Crippen LogP contribution in [0.5, 0.6) is 23.0 Å². The average Bonchev–Trinajstić information content (AvgIpc) is 1.62. The van der Waals surface area contributed by atoms with Gasteiger partial charge in [-0.25, -0.2) is 28.7 Å². The zero-order chi connectivity index (χ0) is 87.0. The quantitative estimate of drug-likeness (QED) is 0.104. The van der Waals surface area contributed by atoms with Crippen LogP contribution in [-0.2, 0) is 36.6 Å². The summed E-state index contributed by atoms with van der Waals surface area (Å²) in [7, 11) is 8.96. The number of likely N-dealkylation sites (N-methyl/N-ethyl adjacent to an activating group) is 3. The second-order valence-corrected chi connectivity index (χ2v) is 34.4. The zero-order valence-corrected chi connectivity index (χ0v) is 72.1. The van der Waals surface area contributed by atoms with Gasteiger partial charge >= 0.3 is 6.03 Å². The number of aryl methyl sites for hydroxylation is 4. The number of H-pyrrole nitrogens is 2. The van der Waals surface area contributed by atoms with E-state index < -0.39 is 11.7 Å². The number of anilines is 3. The minimum absolute atomic E-state index is 0.0239. The number of ketones is 2. The van der Waals surface area contributed by atoms with Gasteiger partial charge < -0.3 is 73.2 Å². The fraction of sp³-hybridized carbons (Fsp3) is 0.411. The van der Waals surface area contributed by atoms with Gasteiger partial charge in [-0.15, -0.1) is 0 Å². The number of hydrogen-bond acceptors (Lipinski definition) is 21. The zero-order valence-electron chi connectivity index (χ0n) is 72.1. The number of halogens is 1. The lowest BCUT2D eigenvalue weighted by Crippen LogP contribution is -2.39. The molecule has 10 aliphatic rings. The van der Waals surface area contributed by atoms with Crippen LogP contribution in [0.2, 0.25) is 0 Å². The Hall–Kier alpha value is -13.0. The van der Waals surface area contributed by atoms with Crippen molar-refractivity contribution in [2.45, 2.75) is 140 Å². The number of likely N-dealkylation sites (tertiary alicyclic amines) is 2. The minimum Gasteiger partial charge on any atom is -0.508 e. The first-order chi connectivity index (χ1) is 59.6. The van der Waals surface area contributed by atoms with Crippen LogP contribution in [0.25, 0.3) is 27.9 Å². The van der Waals surface area contributed by atoms with Gasteiger partial charge in [0.25, 0.3) is 11.8 Å². The summed E-state index contributed by atoms with van der Waals surface area (Å²) in [4.78, 5) is 92.9. The highest BCUT2D eigenvalue weighted by molar-refractivity contribution is 5.97. The number of phenols is 1. The molecule has 28 nitrogen and oxygen atoms in total. The van der Waals surface area contributed by atoms with Crippen molar-refractivity contribution >= 4 is 63.3 Å². The van der Waals surface area contributed by atoms with E-state index in [0.717, 1.165) is 199 Å². The van der Waals surface area contributed by atoms with Crippen LogP contribution in [-0.4, -0.2) is 225 Å². The number of aromatic nitrogens is 8. The van der Waals surface area contributed by atoms with E-state index in [4.69, 9.17) is 28.4 Å². The van der Waals surface area contributed by atoms with Crippen LogP contribution in [0, 0.1) is 33.5 Å². The number of methoxy groups -OCH3 is 2. The lowest BCUT2D eigenvalue weighted by atomic mass is 9.77. The molecule has 20 rings (SSSR count). The normalized spacial score (nSPS) is 22.0. The van der Waals surface area contributed by atoms with E-state index >= 15 is 0 Å². The molecule has 648 valence electrons. The van der Waals surface area contributed by atoms with E-state index in [1.54, 1.807) is 33.9 Å². The largest absolute Gasteiger partial charge is 0.508 e. The van der Waals surface area contributed by atoms with Crippen LogP contribution >= 0.6 is 0 Å². The molecule has 5 aromatic carbocycles. The number of amides is 4. The Kier molecular flexibility index (Phi) is 24.0. The molecule has 5 aromatic heterocycles. The lowest BCUT2D eigenvalue weighted by Gasteiger charge is -2.28. The number of phenolic OH excluding ortho intramolecular Hbond substituents is 1. The van der Waals surface area contributed by atoms with Gasteiger partial charge in [0, 0.05) is 177 Å². The van der Waals surface area contributed by atoms with E-state index in [9.17, 15) is 33.5 Å². The maximum Gasteiger partial charge on any atom is 0.321 e. The Morgan fingerprint density at radius 3 is 2.06 bits per heavy atom. The molecule has 29 heteroatoms. The molecule has 4 amide bonds.